The Kier molecular flexibility index (Phi) is 4.34. The van der Waals surface area contributed by atoms with Crippen molar-refractivity contribution in [2.75, 3.05) is 5.32 Å². The number of nitrogens with zero attached hydrogens (tertiary/aromatic N) is 1. The number of rotatable bonds is 4. The number of hydrogen-bond acceptors (Lipinski definition) is 3. The Morgan fingerprint density at radius 3 is 2.75 bits per heavy atom. The fraction of sp³-hybridized carbons (Fsp3) is 0.143. The van der Waals surface area contributed by atoms with Gasteiger partial charge in [-0.05, 0) is 46.6 Å². The van der Waals surface area contributed by atoms with Gasteiger partial charge < -0.3 is 5.32 Å². The molecule has 2 aromatic rings. The van der Waals surface area contributed by atoms with Crippen molar-refractivity contribution < 1.29 is 9.31 Å². The van der Waals surface area contributed by atoms with E-state index in [-0.39, 0.29) is 11.5 Å². The summed E-state index contributed by atoms with van der Waals surface area (Å²) in [6, 6.07) is 9.36. The molecule has 2 rings (SSSR count). The van der Waals surface area contributed by atoms with E-state index in [1.165, 1.54) is 18.2 Å². The first-order valence-corrected chi connectivity index (χ1v) is 6.69. The lowest BCUT2D eigenvalue weighted by Crippen LogP contribution is -2.02. The molecule has 0 aliphatic heterocycles. The Bertz CT molecular complexity index is 662. The minimum absolute atomic E-state index is 0.0857. The second-order valence-corrected chi connectivity index (χ2v) is 5.21. The number of anilines is 1. The number of nitrogens with one attached hydrogen (secondary N) is 1. The maximum absolute atomic E-state index is 13.1. The zero-order chi connectivity index (χ0) is 14.7. The second kappa shape index (κ2) is 6.00. The number of nitro benzene ring substituents is 1. The van der Waals surface area contributed by atoms with Crippen LogP contribution in [0.4, 0.5) is 15.8 Å². The molecule has 0 saturated heterocycles. The summed E-state index contributed by atoms with van der Waals surface area (Å²) in [5, 5.41) is 13.9. The summed E-state index contributed by atoms with van der Waals surface area (Å²) in [6.07, 6.45) is 0. The normalized spacial score (nSPS) is 10.3. The Labute approximate surface area is 123 Å². The van der Waals surface area contributed by atoms with Gasteiger partial charge in [0.2, 0.25) is 0 Å². The van der Waals surface area contributed by atoms with Crippen molar-refractivity contribution in [1.82, 2.24) is 0 Å². The molecule has 0 aliphatic carbocycles. The third kappa shape index (κ3) is 3.33. The van der Waals surface area contributed by atoms with Gasteiger partial charge in [0.05, 0.1) is 10.6 Å². The predicted molar refractivity (Wildman–Crippen MR) is 79.3 cm³/mol. The molecule has 20 heavy (non-hydrogen) atoms. The molecule has 6 heteroatoms. The van der Waals surface area contributed by atoms with E-state index >= 15 is 0 Å². The van der Waals surface area contributed by atoms with Gasteiger partial charge in [-0.2, -0.15) is 0 Å². The van der Waals surface area contributed by atoms with E-state index in [0.717, 1.165) is 10.0 Å². The van der Waals surface area contributed by atoms with Crippen LogP contribution in [-0.2, 0) is 6.54 Å². The van der Waals surface area contributed by atoms with E-state index in [2.05, 4.69) is 21.2 Å². The Balaban J connectivity index is 2.17. The molecule has 0 atom stereocenters. The number of benzene rings is 2. The van der Waals surface area contributed by atoms with E-state index in [0.29, 0.717) is 17.8 Å². The van der Waals surface area contributed by atoms with Crippen molar-refractivity contribution in [2.45, 2.75) is 13.5 Å². The molecule has 4 nitrogen and oxygen atoms in total. The number of hydrogen-bond donors (Lipinski definition) is 1. The summed E-state index contributed by atoms with van der Waals surface area (Å²) in [6.45, 7) is 2.07. The smallest absolute Gasteiger partial charge is 0.272 e. The molecule has 0 heterocycles. The lowest BCUT2D eigenvalue weighted by molar-refractivity contribution is -0.385. The second-order valence-electron chi connectivity index (χ2n) is 4.36. The van der Waals surface area contributed by atoms with Crippen molar-refractivity contribution >= 4 is 27.3 Å². The highest BCUT2D eigenvalue weighted by Gasteiger charge is 2.11. The minimum Gasteiger partial charge on any atom is -0.380 e. The summed E-state index contributed by atoms with van der Waals surface area (Å²) in [5.74, 6) is -0.342. The number of halogens is 2. The third-order valence-corrected chi connectivity index (χ3v) is 3.57. The van der Waals surface area contributed by atoms with Crippen LogP contribution in [-0.4, -0.2) is 4.92 Å². The molecular weight excluding hydrogens is 327 g/mol. The lowest BCUT2D eigenvalue weighted by atomic mass is 10.1. The van der Waals surface area contributed by atoms with Gasteiger partial charge in [0.25, 0.3) is 5.69 Å². The zero-order valence-corrected chi connectivity index (χ0v) is 12.3. The zero-order valence-electron chi connectivity index (χ0n) is 10.7. The van der Waals surface area contributed by atoms with Gasteiger partial charge in [0.1, 0.15) is 5.82 Å². The minimum atomic E-state index is -0.406. The van der Waals surface area contributed by atoms with Gasteiger partial charge >= 0.3 is 0 Å². The van der Waals surface area contributed by atoms with Crippen LogP contribution in [0.1, 0.15) is 11.1 Å². The van der Waals surface area contributed by atoms with Crippen LogP contribution in [0.5, 0.6) is 0 Å². The van der Waals surface area contributed by atoms with E-state index in [4.69, 9.17) is 0 Å². The van der Waals surface area contributed by atoms with Crippen LogP contribution in [0, 0.1) is 22.9 Å². The summed E-state index contributed by atoms with van der Waals surface area (Å²) in [4.78, 5) is 10.5. The van der Waals surface area contributed by atoms with E-state index in [1.54, 1.807) is 19.1 Å². The van der Waals surface area contributed by atoms with E-state index < -0.39 is 4.92 Å². The molecule has 1 N–H and O–H groups in total. The average molecular weight is 339 g/mol. The third-order valence-electron chi connectivity index (χ3n) is 2.88. The van der Waals surface area contributed by atoms with Gasteiger partial charge in [0, 0.05) is 22.6 Å². The van der Waals surface area contributed by atoms with Crippen molar-refractivity contribution in [3.8, 4) is 0 Å². The summed E-state index contributed by atoms with van der Waals surface area (Å²) in [5.41, 5.74) is 2.07. The Morgan fingerprint density at radius 1 is 1.30 bits per heavy atom. The van der Waals surface area contributed by atoms with Crippen LogP contribution in [0.3, 0.4) is 0 Å². The molecule has 0 saturated carbocycles. The molecule has 0 aliphatic rings. The number of aryl methyl sites for hydroxylation is 1. The topological polar surface area (TPSA) is 55.2 Å². The largest absolute Gasteiger partial charge is 0.380 e. The number of nitro groups is 1. The highest BCUT2D eigenvalue weighted by atomic mass is 79.9. The summed E-state index contributed by atoms with van der Waals surface area (Å²) >= 11 is 3.32. The fourth-order valence-corrected chi connectivity index (χ4v) is 2.18. The molecule has 0 unspecified atom stereocenters. The average Bonchev–Trinajstić information content (AvgIpc) is 2.41. The van der Waals surface area contributed by atoms with Gasteiger partial charge in [-0.1, -0.05) is 12.1 Å². The van der Waals surface area contributed by atoms with Crippen LogP contribution < -0.4 is 5.32 Å². The monoisotopic (exact) mass is 338 g/mol. The first kappa shape index (κ1) is 14.5. The summed E-state index contributed by atoms with van der Waals surface area (Å²) < 4.78 is 13.9. The van der Waals surface area contributed by atoms with Gasteiger partial charge in [-0.15, -0.1) is 0 Å². The molecule has 104 valence electrons. The highest BCUT2D eigenvalue weighted by Crippen LogP contribution is 2.25. The van der Waals surface area contributed by atoms with Crippen molar-refractivity contribution in [2.24, 2.45) is 0 Å². The van der Waals surface area contributed by atoms with Gasteiger partial charge in [0.15, 0.2) is 0 Å². The van der Waals surface area contributed by atoms with E-state index in [1.807, 2.05) is 6.07 Å². The van der Waals surface area contributed by atoms with Crippen LogP contribution >= 0.6 is 15.9 Å². The van der Waals surface area contributed by atoms with Crippen molar-refractivity contribution in [1.29, 1.82) is 0 Å². The maximum atomic E-state index is 13.1. The van der Waals surface area contributed by atoms with Crippen LogP contribution in [0.2, 0.25) is 0 Å². The molecule has 0 radical (unpaired) electrons. The maximum Gasteiger partial charge on any atom is 0.272 e. The molecule has 0 fully saturated rings. The van der Waals surface area contributed by atoms with E-state index in [9.17, 15) is 14.5 Å². The van der Waals surface area contributed by atoms with Gasteiger partial charge in [-0.25, -0.2) is 4.39 Å². The van der Waals surface area contributed by atoms with Crippen molar-refractivity contribution in [3.63, 3.8) is 0 Å². The Hall–Kier alpha value is -1.95. The quantitative estimate of drug-likeness (QED) is 0.663. The van der Waals surface area contributed by atoms with Crippen molar-refractivity contribution in [3.05, 3.63) is 67.9 Å². The molecule has 0 bridgehead atoms. The molecular formula is C14H12BrFN2O2. The summed E-state index contributed by atoms with van der Waals surface area (Å²) in [7, 11) is 0. The predicted octanol–water partition coefficient (Wildman–Crippen LogP) is 4.42. The van der Waals surface area contributed by atoms with Crippen LogP contribution in [0.15, 0.2) is 40.9 Å². The Morgan fingerprint density at radius 2 is 2.05 bits per heavy atom. The van der Waals surface area contributed by atoms with Crippen LogP contribution in [0.25, 0.3) is 0 Å². The standard InChI is InChI=1S/C14H12BrFN2O2/c1-9-2-3-10(6-14(9)18(19)20)8-17-13-7-11(16)4-5-12(13)15/h2-7,17H,8H2,1H3. The first-order chi connectivity index (χ1) is 9.47. The first-order valence-electron chi connectivity index (χ1n) is 5.90. The molecule has 0 amide bonds. The SMILES string of the molecule is Cc1ccc(CNc2cc(F)ccc2Br)cc1[N+](=O)[O-]. The van der Waals surface area contributed by atoms with Gasteiger partial charge in [-0.3, -0.25) is 10.1 Å². The molecule has 0 aromatic heterocycles. The lowest BCUT2D eigenvalue weighted by Gasteiger charge is -2.09. The fourth-order valence-electron chi connectivity index (χ4n) is 1.79. The highest BCUT2D eigenvalue weighted by molar-refractivity contribution is 9.10. The molecule has 2 aromatic carbocycles. The molecule has 0 spiro atoms.